The monoisotopic (exact) mass is 358 g/mol. The van der Waals surface area contributed by atoms with E-state index in [4.69, 9.17) is 9.84 Å². The molecule has 6 N–H and O–H groups in total. The Morgan fingerprint density at radius 3 is 2.32 bits per heavy atom. The van der Waals surface area contributed by atoms with E-state index in [1.165, 1.54) is 25.3 Å². The number of hydrogen-bond acceptors (Lipinski definition) is 9. The number of aliphatic hydroxyl groups excluding tert-OH is 5. The van der Waals surface area contributed by atoms with Crippen LogP contribution in [-0.2, 0) is 16.0 Å². The SMILES string of the molecule is COc1cc(CCC(=O)C(=O)[C@H](O)[C@@H](O)[C@H](O)[C@H](O)CO)ccc1O. The normalized spacial score (nSPS) is 15.9. The van der Waals surface area contributed by atoms with E-state index in [0.717, 1.165) is 0 Å². The number of carbonyl (C=O) groups is 2. The standard InChI is InChI=1S/C16H22O9/c1-25-12-6-8(2-4-9(12)18)3-5-10(19)13(21)15(23)16(24)14(22)11(20)7-17/h2,4,6,11,14-18,20,22-24H,3,5,7H2,1H3/t11-,14-,15+,16+/m1/s1. The van der Waals surface area contributed by atoms with Crippen molar-refractivity contribution in [2.24, 2.45) is 0 Å². The minimum atomic E-state index is -2.22. The summed E-state index contributed by atoms with van der Waals surface area (Å²) in [5, 5.41) is 56.1. The molecule has 0 aromatic heterocycles. The maximum atomic E-state index is 11.9. The molecule has 1 aromatic rings. The van der Waals surface area contributed by atoms with Crippen LogP contribution >= 0.6 is 0 Å². The number of Topliss-reactive ketones (excluding diaryl/α,β-unsaturated/α-hetero) is 2. The van der Waals surface area contributed by atoms with E-state index < -0.39 is 42.6 Å². The van der Waals surface area contributed by atoms with Gasteiger partial charge >= 0.3 is 0 Å². The van der Waals surface area contributed by atoms with Crippen molar-refractivity contribution >= 4 is 11.6 Å². The third-order valence-electron chi connectivity index (χ3n) is 3.68. The average molecular weight is 358 g/mol. The Morgan fingerprint density at radius 1 is 1.12 bits per heavy atom. The molecule has 0 saturated carbocycles. The highest BCUT2D eigenvalue weighted by atomic mass is 16.5. The maximum absolute atomic E-state index is 11.9. The van der Waals surface area contributed by atoms with Crippen LogP contribution in [0.3, 0.4) is 0 Å². The van der Waals surface area contributed by atoms with Gasteiger partial charge in [-0.15, -0.1) is 0 Å². The number of hydrogen-bond donors (Lipinski definition) is 6. The summed E-state index contributed by atoms with van der Waals surface area (Å²) in [6, 6.07) is 4.38. The lowest BCUT2D eigenvalue weighted by atomic mass is 9.96. The smallest absolute Gasteiger partial charge is 0.229 e. The zero-order valence-corrected chi connectivity index (χ0v) is 13.6. The second-order valence-corrected chi connectivity index (χ2v) is 5.47. The van der Waals surface area contributed by atoms with Crippen LogP contribution in [0.2, 0.25) is 0 Å². The van der Waals surface area contributed by atoms with Gasteiger partial charge in [0.1, 0.15) is 24.4 Å². The number of methoxy groups -OCH3 is 1. The molecule has 9 nitrogen and oxygen atoms in total. The van der Waals surface area contributed by atoms with E-state index in [1.807, 2.05) is 0 Å². The molecular weight excluding hydrogens is 336 g/mol. The summed E-state index contributed by atoms with van der Waals surface area (Å²) in [5.41, 5.74) is 0.599. The number of phenols is 1. The summed E-state index contributed by atoms with van der Waals surface area (Å²) in [5.74, 6) is -2.18. The predicted octanol–water partition coefficient (Wildman–Crippen LogP) is -2.09. The number of phenolic OH excluding ortho intramolecular Hbond substituents is 1. The third-order valence-corrected chi connectivity index (χ3v) is 3.68. The summed E-state index contributed by atoms with van der Waals surface area (Å²) in [6.07, 6.45) is -8.26. The summed E-state index contributed by atoms with van der Waals surface area (Å²) in [6.45, 7) is -0.893. The summed E-state index contributed by atoms with van der Waals surface area (Å²) in [7, 11) is 1.36. The number of aromatic hydroxyl groups is 1. The molecule has 0 radical (unpaired) electrons. The molecule has 1 rings (SSSR count). The van der Waals surface area contributed by atoms with E-state index >= 15 is 0 Å². The van der Waals surface area contributed by atoms with E-state index in [2.05, 4.69) is 0 Å². The Morgan fingerprint density at radius 2 is 1.76 bits per heavy atom. The molecule has 0 saturated heterocycles. The zero-order valence-electron chi connectivity index (χ0n) is 13.6. The van der Waals surface area contributed by atoms with Gasteiger partial charge in [-0.2, -0.15) is 0 Å². The van der Waals surface area contributed by atoms with Crippen LogP contribution in [0.5, 0.6) is 11.5 Å². The Hall–Kier alpha value is -2.04. The molecule has 25 heavy (non-hydrogen) atoms. The fourth-order valence-electron chi connectivity index (χ4n) is 2.10. The summed E-state index contributed by atoms with van der Waals surface area (Å²) in [4.78, 5) is 23.7. The number of aliphatic hydroxyl groups is 5. The highest BCUT2D eigenvalue weighted by Gasteiger charge is 2.36. The lowest BCUT2D eigenvalue weighted by Gasteiger charge is -2.24. The fourth-order valence-corrected chi connectivity index (χ4v) is 2.10. The van der Waals surface area contributed by atoms with E-state index in [9.17, 15) is 35.1 Å². The molecule has 0 fully saturated rings. The summed E-state index contributed by atoms with van der Waals surface area (Å²) < 4.78 is 4.92. The topological polar surface area (TPSA) is 165 Å². The van der Waals surface area contributed by atoms with Gasteiger partial charge < -0.3 is 35.4 Å². The Balaban J connectivity index is 2.66. The molecule has 1 aromatic carbocycles. The second-order valence-electron chi connectivity index (χ2n) is 5.47. The van der Waals surface area contributed by atoms with Gasteiger partial charge in [0, 0.05) is 6.42 Å². The Kier molecular flexibility index (Phi) is 7.94. The number of ketones is 2. The first-order valence-electron chi connectivity index (χ1n) is 7.49. The molecule has 0 aliphatic carbocycles. The number of benzene rings is 1. The first-order chi connectivity index (χ1) is 11.7. The largest absolute Gasteiger partial charge is 0.504 e. The van der Waals surface area contributed by atoms with Gasteiger partial charge in [-0.05, 0) is 24.1 Å². The van der Waals surface area contributed by atoms with E-state index in [0.29, 0.717) is 5.56 Å². The molecule has 0 bridgehead atoms. The number of rotatable bonds is 10. The molecule has 9 heteroatoms. The molecule has 4 atom stereocenters. The third kappa shape index (κ3) is 5.48. The van der Waals surface area contributed by atoms with Crippen LogP contribution in [0.1, 0.15) is 12.0 Å². The van der Waals surface area contributed by atoms with Crippen molar-refractivity contribution in [3.63, 3.8) is 0 Å². The molecule has 0 aliphatic heterocycles. The first kappa shape index (κ1) is 21.0. The zero-order chi connectivity index (χ0) is 19.1. The van der Waals surface area contributed by atoms with Gasteiger partial charge in [0.15, 0.2) is 11.5 Å². The highest BCUT2D eigenvalue weighted by Crippen LogP contribution is 2.26. The van der Waals surface area contributed by atoms with Crippen molar-refractivity contribution in [1.29, 1.82) is 0 Å². The van der Waals surface area contributed by atoms with Crippen molar-refractivity contribution in [2.45, 2.75) is 37.3 Å². The van der Waals surface area contributed by atoms with Crippen molar-refractivity contribution in [3.05, 3.63) is 23.8 Å². The maximum Gasteiger partial charge on any atom is 0.229 e. The predicted molar refractivity (Wildman–Crippen MR) is 84.1 cm³/mol. The quantitative estimate of drug-likeness (QED) is 0.257. The number of carbonyl (C=O) groups excluding carboxylic acids is 2. The lowest BCUT2D eigenvalue weighted by molar-refractivity contribution is -0.154. The Bertz CT molecular complexity index is 601. The van der Waals surface area contributed by atoms with Crippen molar-refractivity contribution in [2.75, 3.05) is 13.7 Å². The van der Waals surface area contributed by atoms with Gasteiger partial charge in [0.2, 0.25) is 11.6 Å². The summed E-state index contributed by atoms with van der Waals surface area (Å²) >= 11 is 0. The number of aryl methyl sites for hydroxylation is 1. The molecule has 0 heterocycles. The van der Waals surface area contributed by atoms with Crippen molar-refractivity contribution in [3.8, 4) is 11.5 Å². The molecule has 0 amide bonds. The van der Waals surface area contributed by atoms with Crippen LogP contribution in [0, 0.1) is 0 Å². The van der Waals surface area contributed by atoms with Gasteiger partial charge in [0.05, 0.1) is 13.7 Å². The fraction of sp³-hybridized carbons (Fsp3) is 0.500. The first-order valence-corrected chi connectivity index (χ1v) is 7.49. The minimum Gasteiger partial charge on any atom is -0.504 e. The van der Waals surface area contributed by atoms with Gasteiger partial charge in [-0.1, -0.05) is 6.07 Å². The van der Waals surface area contributed by atoms with Crippen LogP contribution in [0.4, 0.5) is 0 Å². The van der Waals surface area contributed by atoms with Crippen molar-refractivity contribution in [1.82, 2.24) is 0 Å². The molecule has 0 spiro atoms. The lowest BCUT2D eigenvalue weighted by Crippen LogP contribution is -2.50. The van der Waals surface area contributed by atoms with E-state index in [-0.39, 0.29) is 24.3 Å². The van der Waals surface area contributed by atoms with Gasteiger partial charge in [-0.3, -0.25) is 9.59 Å². The van der Waals surface area contributed by atoms with Crippen LogP contribution in [-0.4, -0.2) is 80.3 Å². The average Bonchev–Trinajstić information content (AvgIpc) is 2.63. The molecular formula is C16H22O9. The van der Waals surface area contributed by atoms with E-state index in [1.54, 1.807) is 0 Å². The second kappa shape index (κ2) is 9.44. The van der Waals surface area contributed by atoms with Crippen LogP contribution in [0.25, 0.3) is 0 Å². The highest BCUT2D eigenvalue weighted by molar-refractivity contribution is 6.39. The Labute approximate surface area is 143 Å². The molecule has 0 aliphatic rings. The molecule has 140 valence electrons. The van der Waals surface area contributed by atoms with Gasteiger partial charge in [-0.25, -0.2) is 0 Å². The number of ether oxygens (including phenoxy) is 1. The van der Waals surface area contributed by atoms with Crippen LogP contribution in [0.15, 0.2) is 18.2 Å². The molecule has 0 unspecified atom stereocenters. The van der Waals surface area contributed by atoms with Crippen LogP contribution < -0.4 is 4.74 Å². The van der Waals surface area contributed by atoms with Gasteiger partial charge in [0.25, 0.3) is 0 Å². The minimum absolute atomic E-state index is 0.0800. The van der Waals surface area contributed by atoms with Crippen molar-refractivity contribution < 1.29 is 45.0 Å².